The van der Waals surface area contributed by atoms with E-state index >= 15 is 0 Å². The Balaban J connectivity index is 1.75. The van der Waals surface area contributed by atoms with E-state index in [0.717, 1.165) is 18.5 Å². The second kappa shape index (κ2) is 7.21. The highest BCUT2D eigenvalue weighted by atomic mass is 16.5. The maximum absolute atomic E-state index is 12.8. The Morgan fingerprint density at radius 3 is 2.62 bits per heavy atom. The molecule has 2 heterocycles. The third-order valence-corrected chi connectivity index (χ3v) is 4.95. The van der Waals surface area contributed by atoms with Gasteiger partial charge >= 0.3 is 0 Å². The third kappa shape index (κ3) is 3.97. The van der Waals surface area contributed by atoms with E-state index in [0.29, 0.717) is 17.6 Å². The normalized spacial score (nSPS) is 21.7. The zero-order valence-electron chi connectivity index (χ0n) is 15.8. The molecule has 0 radical (unpaired) electrons. The average molecular weight is 357 g/mol. The van der Waals surface area contributed by atoms with E-state index in [1.807, 2.05) is 18.2 Å². The van der Waals surface area contributed by atoms with E-state index in [2.05, 4.69) is 42.9 Å². The Bertz CT molecular complexity index is 849. The summed E-state index contributed by atoms with van der Waals surface area (Å²) >= 11 is 0. The number of pyridine rings is 1. The summed E-state index contributed by atoms with van der Waals surface area (Å²) in [5.41, 5.74) is 0.590. The van der Waals surface area contributed by atoms with Gasteiger partial charge in [-0.25, -0.2) is 0 Å². The van der Waals surface area contributed by atoms with Crippen molar-refractivity contribution in [2.24, 2.45) is 0 Å². The van der Waals surface area contributed by atoms with Crippen LogP contribution in [-0.2, 0) is 4.74 Å². The fourth-order valence-corrected chi connectivity index (χ4v) is 3.57. The molecular formula is C20H27N3O3. The van der Waals surface area contributed by atoms with Gasteiger partial charge in [0.25, 0.3) is 5.91 Å². The lowest BCUT2D eigenvalue weighted by atomic mass is 9.99. The molecule has 1 saturated heterocycles. The number of H-pyrrole nitrogens is 1. The number of aromatic amines is 1. The van der Waals surface area contributed by atoms with Crippen LogP contribution in [0.5, 0.6) is 0 Å². The number of carbonyl (C=O) groups is 1. The molecule has 6 nitrogen and oxygen atoms in total. The van der Waals surface area contributed by atoms with Crippen molar-refractivity contribution < 1.29 is 9.53 Å². The summed E-state index contributed by atoms with van der Waals surface area (Å²) in [6.07, 6.45) is 0.343. The van der Waals surface area contributed by atoms with Crippen molar-refractivity contribution in [3.63, 3.8) is 0 Å². The summed E-state index contributed by atoms with van der Waals surface area (Å²) in [4.78, 5) is 29.7. The van der Waals surface area contributed by atoms with Gasteiger partial charge in [-0.1, -0.05) is 18.2 Å². The molecule has 3 rings (SSSR count). The molecule has 6 heteroatoms. The Morgan fingerprint density at radius 2 is 1.92 bits per heavy atom. The minimum atomic E-state index is -0.274. The van der Waals surface area contributed by atoms with Gasteiger partial charge in [-0.3, -0.25) is 14.5 Å². The zero-order chi connectivity index (χ0) is 18.9. The quantitative estimate of drug-likeness (QED) is 0.879. The molecular weight excluding hydrogens is 330 g/mol. The minimum absolute atomic E-state index is 0.172. The van der Waals surface area contributed by atoms with Gasteiger partial charge in [-0.2, -0.15) is 0 Å². The number of fused-ring (bicyclic) bond motifs is 1. The minimum Gasteiger partial charge on any atom is -0.373 e. The highest BCUT2D eigenvalue weighted by molar-refractivity contribution is 6.05. The number of nitrogens with one attached hydrogen (secondary N) is 2. The topological polar surface area (TPSA) is 74.4 Å². The molecule has 0 saturated carbocycles. The summed E-state index contributed by atoms with van der Waals surface area (Å²) in [6, 6.07) is 8.70. The smallest absolute Gasteiger partial charge is 0.252 e. The van der Waals surface area contributed by atoms with Crippen LogP contribution in [0.15, 0.2) is 35.1 Å². The number of rotatable bonds is 4. The summed E-state index contributed by atoms with van der Waals surface area (Å²) in [6.45, 7) is 10.5. The van der Waals surface area contributed by atoms with Crippen LogP contribution in [0.4, 0.5) is 0 Å². The Labute approximate surface area is 153 Å². The Hall–Kier alpha value is -2.18. The van der Waals surface area contributed by atoms with Crippen molar-refractivity contribution in [2.45, 2.75) is 45.4 Å². The Morgan fingerprint density at radius 1 is 1.27 bits per heavy atom. The predicted molar refractivity (Wildman–Crippen MR) is 103 cm³/mol. The molecule has 2 unspecified atom stereocenters. The summed E-state index contributed by atoms with van der Waals surface area (Å²) in [5.74, 6) is -0.227. The number of para-hydroxylation sites is 1. The van der Waals surface area contributed by atoms with Crippen LogP contribution in [0.3, 0.4) is 0 Å². The number of benzene rings is 1. The fourth-order valence-electron chi connectivity index (χ4n) is 3.57. The number of aromatic nitrogens is 1. The molecule has 1 fully saturated rings. The van der Waals surface area contributed by atoms with Crippen molar-refractivity contribution in [3.05, 3.63) is 46.2 Å². The third-order valence-electron chi connectivity index (χ3n) is 4.95. The largest absolute Gasteiger partial charge is 0.373 e. The number of nitrogens with zero attached hydrogens (tertiary/aromatic N) is 1. The highest BCUT2D eigenvalue weighted by Gasteiger charge is 2.33. The molecule has 1 aliphatic rings. The number of hydrogen-bond donors (Lipinski definition) is 2. The molecule has 26 heavy (non-hydrogen) atoms. The summed E-state index contributed by atoms with van der Waals surface area (Å²) in [7, 11) is 0. The van der Waals surface area contributed by atoms with Crippen molar-refractivity contribution >= 4 is 16.8 Å². The standard InChI is InChI=1S/C20H27N3O3/c1-13-10-23(11-14(2)26-13)20(3,4)12-21-19(25)16-9-18(24)22-17-8-6-5-7-15(16)17/h5-9,13-14H,10-12H2,1-4H3,(H,21,25)(H,22,24). The SMILES string of the molecule is CC1CN(C(C)(C)CNC(=O)c2cc(=O)[nH]c3ccccc23)CC(C)O1. The molecule has 140 valence electrons. The predicted octanol–water partition coefficient (Wildman–Crippen LogP) is 2.15. The van der Waals surface area contributed by atoms with Crippen LogP contribution in [0.2, 0.25) is 0 Å². The highest BCUT2D eigenvalue weighted by Crippen LogP contribution is 2.21. The van der Waals surface area contributed by atoms with E-state index in [9.17, 15) is 9.59 Å². The number of hydrogen-bond acceptors (Lipinski definition) is 4. The van der Waals surface area contributed by atoms with Crippen LogP contribution < -0.4 is 10.9 Å². The second-order valence-electron chi connectivity index (χ2n) is 7.75. The zero-order valence-corrected chi connectivity index (χ0v) is 15.8. The molecule has 1 aromatic heterocycles. The number of carbonyl (C=O) groups excluding carboxylic acids is 1. The van der Waals surface area contributed by atoms with Crippen LogP contribution in [0.1, 0.15) is 38.1 Å². The van der Waals surface area contributed by atoms with E-state index in [-0.39, 0.29) is 29.2 Å². The van der Waals surface area contributed by atoms with E-state index in [4.69, 9.17) is 4.74 Å². The first-order valence-corrected chi connectivity index (χ1v) is 9.07. The van der Waals surface area contributed by atoms with Gasteiger partial charge in [0.2, 0.25) is 5.56 Å². The van der Waals surface area contributed by atoms with Crippen LogP contribution in [0, 0.1) is 0 Å². The van der Waals surface area contributed by atoms with Crippen LogP contribution in [-0.4, -0.2) is 53.2 Å². The average Bonchev–Trinajstić information content (AvgIpc) is 2.58. The van der Waals surface area contributed by atoms with Crippen molar-refractivity contribution in [3.8, 4) is 0 Å². The van der Waals surface area contributed by atoms with Gasteiger partial charge in [-0.05, 0) is 33.8 Å². The van der Waals surface area contributed by atoms with Crippen molar-refractivity contribution in [2.75, 3.05) is 19.6 Å². The van der Waals surface area contributed by atoms with Crippen LogP contribution in [0.25, 0.3) is 10.9 Å². The van der Waals surface area contributed by atoms with Crippen molar-refractivity contribution in [1.29, 1.82) is 0 Å². The lowest BCUT2D eigenvalue weighted by molar-refractivity contribution is -0.0948. The summed E-state index contributed by atoms with van der Waals surface area (Å²) in [5, 5.41) is 3.76. The monoisotopic (exact) mass is 357 g/mol. The Kier molecular flexibility index (Phi) is 5.16. The van der Waals surface area contributed by atoms with Gasteiger partial charge in [0, 0.05) is 42.1 Å². The number of ether oxygens (including phenoxy) is 1. The maximum Gasteiger partial charge on any atom is 0.252 e. The second-order valence-corrected chi connectivity index (χ2v) is 7.75. The maximum atomic E-state index is 12.8. The first-order valence-electron chi connectivity index (χ1n) is 9.07. The molecule has 2 N–H and O–H groups in total. The number of amides is 1. The van der Waals surface area contributed by atoms with Crippen molar-refractivity contribution in [1.82, 2.24) is 15.2 Å². The first-order chi connectivity index (χ1) is 12.3. The van der Waals surface area contributed by atoms with E-state index < -0.39 is 0 Å². The van der Waals surface area contributed by atoms with Gasteiger partial charge in [0.15, 0.2) is 0 Å². The first kappa shape index (κ1) is 18.6. The van der Waals surface area contributed by atoms with Crippen LogP contribution >= 0.6 is 0 Å². The van der Waals surface area contributed by atoms with E-state index in [1.165, 1.54) is 6.07 Å². The summed E-state index contributed by atoms with van der Waals surface area (Å²) < 4.78 is 5.80. The molecule has 2 atom stereocenters. The molecule has 1 aliphatic heterocycles. The van der Waals surface area contributed by atoms with Gasteiger partial charge in [0.05, 0.1) is 17.8 Å². The fraction of sp³-hybridized carbons (Fsp3) is 0.500. The molecule has 0 spiro atoms. The van der Waals surface area contributed by atoms with Gasteiger partial charge in [0.1, 0.15) is 0 Å². The van der Waals surface area contributed by atoms with Gasteiger partial charge < -0.3 is 15.0 Å². The molecule has 2 aromatic rings. The molecule has 1 aromatic carbocycles. The molecule has 0 bridgehead atoms. The lowest BCUT2D eigenvalue weighted by Gasteiger charge is -2.45. The number of morpholine rings is 1. The molecule has 0 aliphatic carbocycles. The van der Waals surface area contributed by atoms with E-state index in [1.54, 1.807) is 6.07 Å². The molecule has 1 amide bonds. The van der Waals surface area contributed by atoms with Gasteiger partial charge in [-0.15, -0.1) is 0 Å². The lowest BCUT2D eigenvalue weighted by Crippen LogP contribution is -2.58.